The molecule has 1 N–H and O–H groups in total. The van der Waals surface area contributed by atoms with Crippen molar-refractivity contribution in [2.24, 2.45) is 0 Å². The molecular weight excluding hydrogens is 432 g/mol. The van der Waals surface area contributed by atoms with Crippen molar-refractivity contribution in [2.45, 2.75) is 50.5 Å². The third kappa shape index (κ3) is 5.43. The van der Waals surface area contributed by atoms with Gasteiger partial charge >= 0.3 is 0 Å². The van der Waals surface area contributed by atoms with Gasteiger partial charge in [-0.05, 0) is 104 Å². The zero-order valence-corrected chi connectivity index (χ0v) is 20.7. The van der Waals surface area contributed by atoms with Gasteiger partial charge in [-0.25, -0.2) is 0 Å². The van der Waals surface area contributed by atoms with E-state index in [2.05, 4.69) is 40.5 Å². The van der Waals surface area contributed by atoms with Gasteiger partial charge in [0, 0.05) is 18.2 Å². The number of likely N-dealkylation sites (tertiary alicyclic amines) is 1. The van der Waals surface area contributed by atoms with Gasteiger partial charge < -0.3 is 10.1 Å². The average Bonchev–Trinajstić information content (AvgIpc) is 2.93. The molecule has 1 heterocycles. The number of carbonyl (C=O) groups is 1. The van der Waals surface area contributed by atoms with Gasteiger partial charge in [-0.3, -0.25) is 9.69 Å². The molecule has 1 fully saturated rings. The Bertz CT molecular complexity index is 1130. The molecule has 0 unspecified atom stereocenters. The third-order valence-corrected chi connectivity index (χ3v) is 7.76. The Morgan fingerprint density at radius 3 is 2.57 bits per heavy atom. The van der Waals surface area contributed by atoms with Crippen LogP contribution in [-0.2, 0) is 6.42 Å². The van der Waals surface area contributed by atoms with E-state index in [-0.39, 0.29) is 5.91 Å². The van der Waals surface area contributed by atoms with E-state index in [0.29, 0.717) is 12.0 Å². The molecule has 0 aromatic heterocycles. The van der Waals surface area contributed by atoms with Gasteiger partial charge in [0.2, 0.25) is 0 Å². The molecule has 0 bridgehead atoms. The monoisotopic (exact) mass is 468 g/mol. The Kier molecular flexibility index (Phi) is 7.48. The normalized spacial score (nSPS) is 19.5. The maximum absolute atomic E-state index is 12.6. The molecule has 182 valence electrons. The predicted molar refractivity (Wildman–Crippen MR) is 142 cm³/mol. The number of methoxy groups -OCH3 is 1. The van der Waals surface area contributed by atoms with E-state index in [1.54, 1.807) is 7.11 Å². The van der Waals surface area contributed by atoms with E-state index in [4.69, 9.17) is 4.74 Å². The predicted octanol–water partition coefficient (Wildman–Crippen LogP) is 6.07. The number of nitrogens with zero attached hydrogens (tertiary/aromatic N) is 1. The summed E-state index contributed by atoms with van der Waals surface area (Å²) >= 11 is 0. The standard InChI is InChI=1S/C31H36N2O2/c1-35-27-16-17-28-26(22-27)15-18-30-29(28)10-7-21-33(30)20-6-5-19-32-31(34)25-13-11-24(12-14-25)23-8-3-2-4-9-23/h2-4,8-9,11-14,16-17,22,29-30H,5-7,10,15,18-21H2,1H3,(H,32,34)/t29-,30-/m1/s1. The molecule has 4 heteroatoms. The maximum atomic E-state index is 12.6. The summed E-state index contributed by atoms with van der Waals surface area (Å²) in [4.78, 5) is 15.3. The minimum Gasteiger partial charge on any atom is -0.497 e. The molecule has 0 spiro atoms. The molecule has 5 rings (SSSR count). The molecule has 1 aliphatic heterocycles. The van der Waals surface area contributed by atoms with Crippen LogP contribution in [-0.4, -0.2) is 43.6 Å². The first kappa shape index (κ1) is 23.6. The molecule has 1 aliphatic carbocycles. The first-order valence-electron chi connectivity index (χ1n) is 13.1. The number of ether oxygens (including phenoxy) is 1. The Morgan fingerprint density at radius 2 is 1.77 bits per heavy atom. The molecule has 0 saturated carbocycles. The number of aryl methyl sites for hydroxylation is 1. The van der Waals surface area contributed by atoms with Gasteiger partial charge in [-0.1, -0.05) is 48.5 Å². The Labute approximate surface area is 209 Å². The van der Waals surface area contributed by atoms with Gasteiger partial charge in [0.25, 0.3) is 5.91 Å². The zero-order valence-electron chi connectivity index (χ0n) is 20.7. The molecular formula is C31H36N2O2. The van der Waals surface area contributed by atoms with Crippen LogP contribution in [0.15, 0.2) is 72.8 Å². The highest BCUT2D eigenvalue weighted by molar-refractivity contribution is 5.94. The number of hydrogen-bond acceptors (Lipinski definition) is 3. The lowest BCUT2D eigenvalue weighted by molar-refractivity contribution is 0.0948. The van der Waals surface area contributed by atoms with Crippen LogP contribution >= 0.6 is 0 Å². The lowest BCUT2D eigenvalue weighted by Crippen LogP contribution is -2.46. The van der Waals surface area contributed by atoms with E-state index >= 15 is 0 Å². The number of amides is 1. The Morgan fingerprint density at radius 1 is 0.971 bits per heavy atom. The second kappa shape index (κ2) is 11.1. The highest BCUT2D eigenvalue weighted by Crippen LogP contribution is 2.41. The fourth-order valence-corrected chi connectivity index (χ4v) is 5.93. The molecule has 1 saturated heterocycles. The number of hydrogen-bond donors (Lipinski definition) is 1. The summed E-state index contributed by atoms with van der Waals surface area (Å²) in [6.45, 7) is 3.05. The molecule has 4 nitrogen and oxygen atoms in total. The summed E-state index contributed by atoms with van der Waals surface area (Å²) in [6, 6.07) is 25.5. The fraction of sp³-hybridized carbons (Fsp3) is 0.387. The summed E-state index contributed by atoms with van der Waals surface area (Å²) in [5, 5.41) is 3.11. The number of carbonyl (C=O) groups excluding carboxylic acids is 1. The van der Waals surface area contributed by atoms with Gasteiger partial charge in [0.1, 0.15) is 5.75 Å². The van der Waals surface area contributed by atoms with E-state index in [0.717, 1.165) is 49.2 Å². The van der Waals surface area contributed by atoms with Crippen molar-refractivity contribution < 1.29 is 9.53 Å². The summed E-state index contributed by atoms with van der Waals surface area (Å²) in [7, 11) is 1.75. The van der Waals surface area contributed by atoms with Crippen LogP contribution in [0.3, 0.4) is 0 Å². The Hall–Kier alpha value is -3.11. The van der Waals surface area contributed by atoms with Gasteiger partial charge in [-0.2, -0.15) is 0 Å². The molecule has 3 aromatic rings. The first-order chi connectivity index (χ1) is 17.2. The van der Waals surface area contributed by atoms with Crippen molar-refractivity contribution in [3.05, 3.63) is 89.5 Å². The quantitative estimate of drug-likeness (QED) is 0.408. The SMILES string of the molecule is COc1ccc2c(c1)CC[C@@H]1[C@@H]2CCCN1CCCCNC(=O)c1ccc(-c2ccccc2)cc1. The van der Waals surface area contributed by atoms with Crippen molar-refractivity contribution in [1.82, 2.24) is 10.2 Å². The molecule has 3 aromatic carbocycles. The van der Waals surface area contributed by atoms with Crippen LogP contribution in [0.4, 0.5) is 0 Å². The molecule has 35 heavy (non-hydrogen) atoms. The number of piperidine rings is 1. The molecule has 1 amide bonds. The highest BCUT2D eigenvalue weighted by Gasteiger charge is 2.35. The van der Waals surface area contributed by atoms with Gasteiger partial charge in [0.15, 0.2) is 0 Å². The topological polar surface area (TPSA) is 41.6 Å². The van der Waals surface area contributed by atoms with Crippen LogP contribution in [0.2, 0.25) is 0 Å². The smallest absolute Gasteiger partial charge is 0.251 e. The number of nitrogens with one attached hydrogen (secondary N) is 1. The summed E-state index contributed by atoms with van der Waals surface area (Å²) in [6.07, 6.45) is 7.06. The van der Waals surface area contributed by atoms with Crippen LogP contribution in [0.1, 0.15) is 59.5 Å². The second-order valence-corrected chi connectivity index (χ2v) is 9.86. The number of benzene rings is 3. The minimum absolute atomic E-state index is 0.0157. The van der Waals surface area contributed by atoms with Crippen LogP contribution in [0.5, 0.6) is 5.75 Å². The minimum atomic E-state index is 0.0157. The zero-order chi connectivity index (χ0) is 24.0. The summed E-state index contributed by atoms with van der Waals surface area (Å²) < 4.78 is 5.44. The molecule has 2 atom stereocenters. The number of fused-ring (bicyclic) bond motifs is 3. The van der Waals surface area contributed by atoms with E-state index in [9.17, 15) is 4.79 Å². The van der Waals surface area contributed by atoms with Gasteiger partial charge in [-0.15, -0.1) is 0 Å². The maximum Gasteiger partial charge on any atom is 0.251 e. The molecule has 0 radical (unpaired) electrons. The van der Waals surface area contributed by atoms with Crippen molar-refractivity contribution >= 4 is 5.91 Å². The van der Waals surface area contributed by atoms with Crippen molar-refractivity contribution in [3.63, 3.8) is 0 Å². The van der Waals surface area contributed by atoms with Crippen molar-refractivity contribution in [1.29, 1.82) is 0 Å². The number of rotatable bonds is 8. The van der Waals surface area contributed by atoms with Crippen LogP contribution in [0.25, 0.3) is 11.1 Å². The largest absolute Gasteiger partial charge is 0.497 e. The van der Waals surface area contributed by atoms with Crippen LogP contribution in [0, 0.1) is 0 Å². The first-order valence-corrected chi connectivity index (χ1v) is 13.1. The van der Waals surface area contributed by atoms with Crippen molar-refractivity contribution in [2.75, 3.05) is 26.7 Å². The van der Waals surface area contributed by atoms with Gasteiger partial charge in [0.05, 0.1) is 7.11 Å². The van der Waals surface area contributed by atoms with Crippen molar-refractivity contribution in [3.8, 4) is 16.9 Å². The lowest BCUT2D eigenvalue weighted by Gasteiger charge is -2.45. The van der Waals surface area contributed by atoms with E-state index in [1.165, 1.54) is 42.5 Å². The Balaban J connectivity index is 1.08. The fourth-order valence-electron chi connectivity index (χ4n) is 5.93. The highest BCUT2D eigenvalue weighted by atomic mass is 16.5. The number of unbranched alkanes of at least 4 members (excludes halogenated alkanes) is 1. The lowest BCUT2D eigenvalue weighted by atomic mass is 9.74. The average molecular weight is 469 g/mol. The third-order valence-electron chi connectivity index (χ3n) is 7.76. The second-order valence-electron chi connectivity index (χ2n) is 9.86. The van der Waals surface area contributed by atoms with E-state index < -0.39 is 0 Å². The summed E-state index contributed by atoms with van der Waals surface area (Å²) in [5.41, 5.74) is 6.04. The van der Waals surface area contributed by atoms with E-state index in [1.807, 2.05) is 42.5 Å². The molecule has 2 aliphatic rings. The summed E-state index contributed by atoms with van der Waals surface area (Å²) in [5.74, 6) is 1.64. The van der Waals surface area contributed by atoms with Crippen LogP contribution < -0.4 is 10.1 Å².